The predicted molar refractivity (Wildman–Crippen MR) is 75.5 cm³/mol. The Kier molecular flexibility index (Phi) is 4.71. The molecule has 108 valence electrons. The van der Waals surface area contributed by atoms with Crippen LogP contribution in [0.25, 0.3) is 0 Å². The molecule has 2 N–H and O–H groups in total. The molecule has 1 fully saturated rings. The summed E-state index contributed by atoms with van der Waals surface area (Å²) in [5, 5.41) is 5.74. The van der Waals surface area contributed by atoms with Gasteiger partial charge in [0.05, 0.1) is 11.8 Å². The van der Waals surface area contributed by atoms with Crippen LogP contribution in [-0.4, -0.2) is 23.3 Å². The predicted octanol–water partition coefficient (Wildman–Crippen LogP) is 1.11. The molecule has 0 radical (unpaired) electrons. The Hall–Kier alpha value is -1.91. The molecule has 1 aromatic rings. The first-order valence-electron chi connectivity index (χ1n) is 7.02. The van der Waals surface area contributed by atoms with Gasteiger partial charge in [0.25, 0.3) is 0 Å². The Balaban J connectivity index is 1.72. The Morgan fingerprint density at radius 3 is 2.40 bits per heavy atom. The van der Waals surface area contributed by atoms with E-state index in [1.165, 1.54) is 0 Å². The average Bonchev–Trinajstić information content (AvgIpc) is 3.24. The van der Waals surface area contributed by atoms with Crippen LogP contribution >= 0.6 is 0 Å². The fourth-order valence-electron chi connectivity index (χ4n) is 2.03. The molecular formula is C15H21N3O2. The van der Waals surface area contributed by atoms with Gasteiger partial charge in [-0.15, -0.1) is 0 Å². The zero-order valence-electron chi connectivity index (χ0n) is 11.9. The monoisotopic (exact) mass is 275 g/mol. The van der Waals surface area contributed by atoms with Crippen LogP contribution < -0.4 is 10.6 Å². The molecule has 5 heteroatoms. The number of hydrogen-bond donors (Lipinski definition) is 2. The largest absolute Gasteiger partial charge is 0.356 e. The third-order valence-corrected chi connectivity index (χ3v) is 3.36. The van der Waals surface area contributed by atoms with Crippen LogP contribution in [-0.2, 0) is 16.1 Å². The third kappa shape index (κ3) is 4.05. The summed E-state index contributed by atoms with van der Waals surface area (Å²) in [5.41, 5.74) is 1.01. The fraction of sp³-hybridized carbons (Fsp3) is 0.533. The molecule has 5 nitrogen and oxygen atoms in total. The van der Waals surface area contributed by atoms with E-state index in [9.17, 15) is 9.59 Å². The molecule has 1 aromatic heterocycles. The van der Waals surface area contributed by atoms with E-state index in [0.717, 1.165) is 5.56 Å². The summed E-state index contributed by atoms with van der Waals surface area (Å²) in [6, 6.07) is 3.72. The summed E-state index contributed by atoms with van der Waals surface area (Å²) < 4.78 is 0. The normalized spacial score (nSPS) is 20.6. The molecule has 2 rings (SSSR count). The van der Waals surface area contributed by atoms with Gasteiger partial charge in [0.1, 0.15) is 0 Å². The first-order valence-corrected chi connectivity index (χ1v) is 7.02. The standard InChI is InChI=1S/C15H21N3O2/c1-10(2)8-17-14(19)12-7-13(12)15(20)18-9-11-3-5-16-6-4-11/h3-6,10,12-13H,7-9H2,1-2H3,(H,17,19)(H,18,20). The molecule has 20 heavy (non-hydrogen) atoms. The van der Waals surface area contributed by atoms with E-state index in [1.807, 2.05) is 26.0 Å². The fourth-order valence-corrected chi connectivity index (χ4v) is 2.03. The second-order valence-electron chi connectivity index (χ2n) is 5.66. The molecule has 2 amide bonds. The van der Waals surface area contributed by atoms with Gasteiger partial charge in [0, 0.05) is 25.5 Å². The van der Waals surface area contributed by atoms with Gasteiger partial charge < -0.3 is 10.6 Å². The maximum absolute atomic E-state index is 11.9. The maximum Gasteiger partial charge on any atom is 0.224 e. The highest BCUT2D eigenvalue weighted by Gasteiger charge is 2.47. The molecule has 0 aliphatic heterocycles. The van der Waals surface area contributed by atoms with E-state index in [0.29, 0.717) is 25.4 Å². The van der Waals surface area contributed by atoms with Crippen LogP contribution in [0.4, 0.5) is 0 Å². The van der Waals surface area contributed by atoms with E-state index >= 15 is 0 Å². The number of rotatable bonds is 6. The van der Waals surface area contributed by atoms with E-state index in [-0.39, 0.29) is 23.7 Å². The molecule has 2 atom stereocenters. The molecule has 1 heterocycles. The Morgan fingerprint density at radius 1 is 1.20 bits per heavy atom. The Morgan fingerprint density at radius 2 is 1.80 bits per heavy atom. The highest BCUT2D eigenvalue weighted by atomic mass is 16.2. The van der Waals surface area contributed by atoms with Crippen LogP contribution in [0, 0.1) is 17.8 Å². The quantitative estimate of drug-likeness (QED) is 0.817. The first-order chi connectivity index (χ1) is 9.58. The van der Waals surface area contributed by atoms with Crippen molar-refractivity contribution in [3.8, 4) is 0 Å². The van der Waals surface area contributed by atoms with Crippen molar-refractivity contribution in [1.82, 2.24) is 15.6 Å². The van der Waals surface area contributed by atoms with Crippen molar-refractivity contribution < 1.29 is 9.59 Å². The summed E-state index contributed by atoms with van der Waals surface area (Å²) in [4.78, 5) is 27.6. The molecule has 1 aliphatic carbocycles. The van der Waals surface area contributed by atoms with Crippen LogP contribution in [0.5, 0.6) is 0 Å². The SMILES string of the molecule is CC(C)CNC(=O)C1CC1C(=O)NCc1ccncc1. The minimum absolute atomic E-state index is 0.00256. The smallest absolute Gasteiger partial charge is 0.224 e. The number of amides is 2. The summed E-state index contributed by atoms with van der Waals surface area (Å²) in [6.07, 6.45) is 4.05. The topological polar surface area (TPSA) is 71.1 Å². The van der Waals surface area contributed by atoms with Crippen LogP contribution in [0.2, 0.25) is 0 Å². The molecule has 1 saturated carbocycles. The van der Waals surface area contributed by atoms with E-state index < -0.39 is 0 Å². The van der Waals surface area contributed by atoms with Crippen molar-refractivity contribution in [3.63, 3.8) is 0 Å². The number of aromatic nitrogens is 1. The Labute approximate surface area is 119 Å². The third-order valence-electron chi connectivity index (χ3n) is 3.36. The first kappa shape index (κ1) is 14.5. The van der Waals surface area contributed by atoms with Crippen molar-refractivity contribution in [2.75, 3.05) is 6.54 Å². The minimum atomic E-state index is -0.163. The lowest BCUT2D eigenvalue weighted by Crippen LogP contribution is -2.31. The molecule has 0 aromatic carbocycles. The van der Waals surface area contributed by atoms with Gasteiger partial charge >= 0.3 is 0 Å². The van der Waals surface area contributed by atoms with Crippen LogP contribution in [0.15, 0.2) is 24.5 Å². The molecule has 0 saturated heterocycles. The number of carbonyl (C=O) groups is 2. The van der Waals surface area contributed by atoms with Crippen molar-refractivity contribution >= 4 is 11.8 Å². The summed E-state index contributed by atoms with van der Waals surface area (Å²) >= 11 is 0. The Bertz CT molecular complexity index is 473. The van der Waals surface area contributed by atoms with Gasteiger partial charge in [-0.2, -0.15) is 0 Å². The van der Waals surface area contributed by atoms with Gasteiger partial charge in [-0.1, -0.05) is 13.8 Å². The van der Waals surface area contributed by atoms with E-state index in [4.69, 9.17) is 0 Å². The zero-order valence-corrected chi connectivity index (χ0v) is 11.9. The molecule has 2 unspecified atom stereocenters. The molecule has 1 aliphatic rings. The van der Waals surface area contributed by atoms with Gasteiger partial charge in [-0.25, -0.2) is 0 Å². The maximum atomic E-state index is 11.9. The van der Waals surface area contributed by atoms with Gasteiger partial charge in [0.15, 0.2) is 0 Å². The highest BCUT2D eigenvalue weighted by Crippen LogP contribution is 2.38. The second kappa shape index (κ2) is 6.50. The number of carbonyl (C=O) groups excluding carboxylic acids is 2. The number of nitrogens with one attached hydrogen (secondary N) is 2. The van der Waals surface area contributed by atoms with E-state index in [2.05, 4.69) is 15.6 Å². The van der Waals surface area contributed by atoms with Gasteiger partial charge in [-0.05, 0) is 30.0 Å². The van der Waals surface area contributed by atoms with Gasteiger partial charge in [-0.3, -0.25) is 14.6 Å². The number of hydrogen-bond acceptors (Lipinski definition) is 3. The van der Waals surface area contributed by atoms with Crippen LogP contribution in [0.3, 0.4) is 0 Å². The van der Waals surface area contributed by atoms with Crippen molar-refractivity contribution in [2.45, 2.75) is 26.8 Å². The number of nitrogens with zero attached hydrogens (tertiary/aromatic N) is 1. The van der Waals surface area contributed by atoms with Crippen LogP contribution in [0.1, 0.15) is 25.8 Å². The second-order valence-corrected chi connectivity index (χ2v) is 5.66. The van der Waals surface area contributed by atoms with E-state index in [1.54, 1.807) is 12.4 Å². The summed E-state index contributed by atoms with van der Waals surface area (Å²) in [6.45, 7) is 5.25. The summed E-state index contributed by atoms with van der Waals surface area (Å²) in [5.74, 6) is 0.0844. The van der Waals surface area contributed by atoms with Crippen molar-refractivity contribution in [1.29, 1.82) is 0 Å². The highest BCUT2D eigenvalue weighted by molar-refractivity contribution is 5.92. The summed E-state index contributed by atoms with van der Waals surface area (Å²) in [7, 11) is 0. The van der Waals surface area contributed by atoms with Crippen molar-refractivity contribution in [2.24, 2.45) is 17.8 Å². The molecule has 0 spiro atoms. The lowest BCUT2D eigenvalue weighted by atomic mass is 10.2. The number of pyridine rings is 1. The zero-order chi connectivity index (χ0) is 14.5. The molecule has 0 bridgehead atoms. The van der Waals surface area contributed by atoms with Gasteiger partial charge in [0.2, 0.25) is 11.8 Å². The average molecular weight is 275 g/mol. The lowest BCUT2D eigenvalue weighted by molar-refractivity contribution is -0.127. The molecular weight excluding hydrogens is 254 g/mol. The van der Waals surface area contributed by atoms with Crippen molar-refractivity contribution in [3.05, 3.63) is 30.1 Å². The minimum Gasteiger partial charge on any atom is -0.356 e. The lowest BCUT2D eigenvalue weighted by Gasteiger charge is -2.07.